The average molecular weight is 299 g/mol. The van der Waals surface area contributed by atoms with Crippen LogP contribution in [0.3, 0.4) is 0 Å². The molecule has 0 radical (unpaired) electrons. The molecular weight excluding hydrogens is 274 g/mol. The molecule has 0 saturated carbocycles. The van der Waals surface area contributed by atoms with E-state index < -0.39 is 0 Å². The van der Waals surface area contributed by atoms with E-state index in [1.54, 1.807) is 0 Å². The van der Waals surface area contributed by atoms with Crippen LogP contribution in [0, 0.1) is 0 Å². The van der Waals surface area contributed by atoms with Crippen LogP contribution >= 0.6 is 11.8 Å². The van der Waals surface area contributed by atoms with Gasteiger partial charge in [-0.05, 0) is 26.3 Å². The number of ether oxygens (including phenoxy) is 1. The third kappa shape index (κ3) is 3.96. The second kappa shape index (κ2) is 8.00. The van der Waals surface area contributed by atoms with Crippen LogP contribution in [0.5, 0.6) is 0 Å². The van der Waals surface area contributed by atoms with E-state index in [0.717, 1.165) is 43.4 Å². The summed E-state index contributed by atoms with van der Waals surface area (Å²) in [5.74, 6) is 3.67. The fourth-order valence-electron chi connectivity index (χ4n) is 2.42. The summed E-state index contributed by atoms with van der Waals surface area (Å²) in [4.78, 5) is 4.58. The molecule has 1 aromatic heterocycles. The van der Waals surface area contributed by atoms with Crippen molar-refractivity contribution in [2.24, 2.45) is 0 Å². The van der Waals surface area contributed by atoms with Crippen LogP contribution in [0.2, 0.25) is 0 Å². The maximum Gasteiger partial charge on any atom is 0.231 e. The van der Waals surface area contributed by atoms with Crippen molar-refractivity contribution in [1.29, 1.82) is 0 Å². The highest BCUT2D eigenvalue weighted by Crippen LogP contribution is 2.27. The molecule has 2 rings (SSSR count). The van der Waals surface area contributed by atoms with Crippen LogP contribution in [0.4, 0.5) is 0 Å². The molecule has 0 spiro atoms. The lowest BCUT2D eigenvalue weighted by molar-refractivity contribution is 0.0677. The molecule has 1 aliphatic heterocycles. The number of thioether (sulfide) groups is 1. The molecule has 0 aromatic carbocycles. The molecule has 2 heterocycles. The van der Waals surface area contributed by atoms with E-state index in [0.29, 0.717) is 11.9 Å². The fourth-order valence-corrected chi connectivity index (χ4v) is 3.26. The van der Waals surface area contributed by atoms with Gasteiger partial charge in [0.15, 0.2) is 0 Å². The summed E-state index contributed by atoms with van der Waals surface area (Å²) in [6, 6.07) is 0.342. The lowest BCUT2D eigenvalue weighted by Crippen LogP contribution is -2.32. The van der Waals surface area contributed by atoms with Crippen LogP contribution in [-0.2, 0) is 4.74 Å². The largest absolute Gasteiger partial charge is 0.368 e. The molecule has 1 aliphatic rings. The van der Waals surface area contributed by atoms with Crippen LogP contribution in [0.25, 0.3) is 0 Å². The molecule has 1 aromatic rings. The predicted molar refractivity (Wildman–Crippen MR) is 81.1 cm³/mol. The number of hydrogen-bond donors (Lipinski definition) is 1. The van der Waals surface area contributed by atoms with Crippen molar-refractivity contribution in [3.8, 4) is 0 Å². The Hall–Kier alpha value is -0.590. The van der Waals surface area contributed by atoms with Crippen molar-refractivity contribution in [2.75, 3.05) is 24.7 Å². The molecule has 5 nitrogen and oxygen atoms in total. The van der Waals surface area contributed by atoms with Gasteiger partial charge in [-0.3, -0.25) is 0 Å². The SMILES string of the molecule is CCCNC(C)C(CC)c1nc(C2CSCCO2)no1. The van der Waals surface area contributed by atoms with E-state index in [-0.39, 0.29) is 12.0 Å². The minimum Gasteiger partial charge on any atom is -0.368 e. The van der Waals surface area contributed by atoms with Crippen molar-refractivity contribution in [2.45, 2.75) is 51.7 Å². The maximum atomic E-state index is 5.69. The molecule has 0 amide bonds. The smallest absolute Gasteiger partial charge is 0.231 e. The van der Waals surface area contributed by atoms with E-state index >= 15 is 0 Å². The lowest BCUT2D eigenvalue weighted by Gasteiger charge is -2.20. The standard InChI is InChI=1S/C14H25N3O2S/c1-4-6-15-10(3)11(5-2)14-16-13(17-19-14)12-9-20-8-7-18-12/h10-12,15H,4-9H2,1-3H3. The minimum atomic E-state index is -0.0114. The zero-order valence-corrected chi connectivity index (χ0v) is 13.4. The van der Waals surface area contributed by atoms with Gasteiger partial charge in [-0.1, -0.05) is 19.0 Å². The van der Waals surface area contributed by atoms with E-state index in [9.17, 15) is 0 Å². The van der Waals surface area contributed by atoms with E-state index in [4.69, 9.17) is 9.26 Å². The first kappa shape index (κ1) is 15.8. The third-order valence-corrected chi connectivity index (χ3v) is 4.63. The Labute approximate surface area is 125 Å². The average Bonchev–Trinajstić information content (AvgIpc) is 2.96. The summed E-state index contributed by atoms with van der Waals surface area (Å²) in [5.41, 5.74) is 0. The number of hydrogen-bond acceptors (Lipinski definition) is 6. The van der Waals surface area contributed by atoms with Gasteiger partial charge in [0.1, 0.15) is 6.10 Å². The summed E-state index contributed by atoms with van der Waals surface area (Å²) < 4.78 is 11.2. The van der Waals surface area contributed by atoms with E-state index in [1.807, 2.05) is 11.8 Å². The first-order valence-corrected chi connectivity index (χ1v) is 8.67. The van der Waals surface area contributed by atoms with Crippen molar-refractivity contribution in [3.63, 3.8) is 0 Å². The Bertz CT molecular complexity index is 394. The highest BCUT2D eigenvalue weighted by Gasteiger charge is 2.27. The summed E-state index contributed by atoms with van der Waals surface area (Å²) in [6.07, 6.45) is 2.10. The molecule has 20 heavy (non-hydrogen) atoms. The number of nitrogens with one attached hydrogen (secondary N) is 1. The second-order valence-corrected chi connectivity index (χ2v) is 6.33. The normalized spacial score (nSPS) is 22.6. The molecular formula is C14H25N3O2S. The maximum absolute atomic E-state index is 5.69. The monoisotopic (exact) mass is 299 g/mol. The number of aromatic nitrogens is 2. The lowest BCUT2D eigenvalue weighted by atomic mass is 9.98. The van der Waals surface area contributed by atoms with Gasteiger partial charge in [0.25, 0.3) is 0 Å². The summed E-state index contributed by atoms with van der Waals surface area (Å²) in [5, 5.41) is 7.63. The zero-order valence-electron chi connectivity index (χ0n) is 12.6. The van der Waals surface area contributed by atoms with Crippen LogP contribution < -0.4 is 5.32 Å². The fraction of sp³-hybridized carbons (Fsp3) is 0.857. The van der Waals surface area contributed by atoms with Crippen molar-refractivity contribution in [1.82, 2.24) is 15.5 Å². The summed E-state index contributed by atoms with van der Waals surface area (Å²) in [6.45, 7) is 8.29. The Morgan fingerprint density at radius 1 is 1.45 bits per heavy atom. The molecule has 1 fully saturated rings. The third-order valence-electron chi connectivity index (χ3n) is 3.64. The minimum absolute atomic E-state index is 0.0114. The van der Waals surface area contributed by atoms with Crippen molar-refractivity contribution >= 4 is 11.8 Å². The first-order valence-electron chi connectivity index (χ1n) is 7.52. The second-order valence-electron chi connectivity index (χ2n) is 5.18. The highest BCUT2D eigenvalue weighted by atomic mass is 32.2. The molecule has 3 atom stereocenters. The van der Waals surface area contributed by atoms with Gasteiger partial charge in [0.2, 0.25) is 11.7 Å². The summed E-state index contributed by atoms with van der Waals surface area (Å²) >= 11 is 1.88. The van der Waals surface area contributed by atoms with Gasteiger partial charge in [0.05, 0.1) is 12.5 Å². The topological polar surface area (TPSA) is 60.2 Å². The van der Waals surface area contributed by atoms with Crippen LogP contribution in [-0.4, -0.2) is 40.8 Å². The van der Waals surface area contributed by atoms with Gasteiger partial charge in [-0.2, -0.15) is 16.7 Å². The highest BCUT2D eigenvalue weighted by molar-refractivity contribution is 7.99. The van der Waals surface area contributed by atoms with Crippen LogP contribution in [0.15, 0.2) is 4.52 Å². The molecule has 1 N–H and O–H groups in total. The van der Waals surface area contributed by atoms with Gasteiger partial charge in [0, 0.05) is 17.5 Å². The quantitative estimate of drug-likeness (QED) is 0.835. The Morgan fingerprint density at radius 2 is 2.30 bits per heavy atom. The number of nitrogens with zero attached hydrogens (tertiary/aromatic N) is 2. The molecule has 3 unspecified atom stereocenters. The molecule has 0 aliphatic carbocycles. The predicted octanol–water partition coefficient (Wildman–Crippen LogP) is 2.76. The van der Waals surface area contributed by atoms with E-state index in [1.165, 1.54) is 0 Å². The number of rotatable bonds is 7. The van der Waals surface area contributed by atoms with E-state index in [2.05, 4.69) is 36.2 Å². The first-order chi connectivity index (χ1) is 9.76. The molecule has 1 saturated heterocycles. The Morgan fingerprint density at radius 3 is 2.95 bits per heavy atom. The molecule has 0 bridgehead atoms. The van der Waals surface area contributed by atoms with Crippen molar-refractivity contribution in [3.05, 3.63) is 11.7 Å². The Balaban J connectivity index is 2.01. The van der Waals surface area contributed by atoms with Crippen molar-refractivity contribution < 1.29 is 9.26 Å². The Kier molecular flexibility index (Phi) is 6.32. The summed E-state index contributed by atoms with van der Waals surface area (Å²) in [7, 11) is 0. The van der Waals surface area contributed by atoms with Gasteiger partial charge in [-0.15, -0.1) is 0 Å². The molecule has 114 valence electrons. The van der Waals surface area contributed by atoms with Gasteiger partial charge in [-0.25, -0.2) is 0 Å². The van der Waals surface area contributed by atoms with Crippen LogP contribution in [0.1, 0.15) is 57.3 Å². The van der Waals surface area contributed by atoms with Gasteiger partial charge < -0.3 is 14.6 Å². The zero-order chi connectivity index (χ0) is 14.4. The molecule has 6 heteroatoms. The van der Waals surface area contributed by atoms with Gasteiger partial charge >= 0.3 is 0 Å².